The molecule has 0 unspecified atom stereocenters. The van der Waals surface area contributed by atoms with Gasteiger partial charge in [0.25, 0.3) is 0 Å². The van der Waals surface area contributed by atoms with Crippen LogP contribution in [0.1, 0.15) is 230 Å². The largest absolute Gasteiger partial charge is 0.372 e. The molecule has 0 bridgehead atoms. The zero-order valence-corrected chi connectivity index (χ0v) is 34.2. The Kier molecular flexibility index (Phi) is 30.9. The average molecular weight is 701 g/mol. The first-order valence-corrected chi connectivity index (χ1v) is 22.8. The molecule has 51 heavy (non-hydrogen) atoms. The van der Waals surface area contributed by atoms with Crippen molar-refractivity contribution in [1.82, 2.24) is 4.98 Å². The Morgan fingerprint density at radius 1 is 0.353 bits per heavy atom. The fraction of sp³-hybridized carbons (Fsp3) is 0.735. The van der Waals surface area contributed by atoms with Gasteiger partial charge in [-0.1, -0.05) is 231 Å². The molecule has 2 heteroatoms. The van der Waals surface area contributed by atoms with Crippen LogP contribution in [0.2, 0.25) is 0 Å². The minimum absolute atomic E-state index is 1.20. The summed E-state index contributed by atoms with van der Waals surface area (Å²) in [5, 5.41) is 0. The second kappa shape index (κ2) is 35.0. The molecule has 0 saturated heterocycles. The summed E-state index contributed by atoms with van der Waals surface area (Å²) in [4.78, 5) is 6.82. The second-order valence-corrected chi connectivity index (χ2v) is 15.8. The standard InChI is InChI=1S/C49H84N2/c1-3-5-7-9-11-13-15-17-19-21-23-25-27-29-31-33-45-51(49-39-37-47(38-40-49)35-36-48-41-43-50-44-42-48)46-34-32-30-28-26-24-22-20-18-16-14-12-10-8-6-4-2/h35-44H,3-34,45-46H2,1-2H3. The molecule has 1 aromatic heterocycles. The van der Waals surface area contributed by atoms with Crippen LogP contribution in [0.3, 0.4) is 0 Å². The highest BCUT2D eigenvalue weighted by Gasteiger charge is 2.07. The zero-order chi connectivity index (χ0) is 36.1. The molecule has 2 aromatic rings. The quantitative estimate of drug-likeness (QED) is 0.0652. The van der Waals surface area contributed by atoms with E-state index in [0.29, 0.717) is 0 Å². The monoisotopic (exact) mass is 701 g/mol. The van der Waals surface area contributed by atoms with Crippen molar-refractivity contribution in [2.75, 3.05) is 18.0 Å². The summed E-state index contributed by atoms with van der Waals surface area (Å²) in [5.41, 5.74) is 3.86. The van der Waals surface area contributed by atoms with Crippen molar-refractivity contribution in [1.29, 1.82) is 0 Å². The summed E-state index contributed by atoms with van der Waals surface area (Å²) >= 11 is 0. The molecular formula is C49H84N2. The van der Waals surface area contributed by atoms with E-state index in [9.17, 15) is 0 Å². The summed E-state index contributed by atoms with van der Waals surface area (Å²) in [6.45, 7) is 7.01. The number of rotatable bonds is 37. The molecule has 0 spiro atoms. The highest BCUT2D eigenvalue weighted by atomic mass is 15.1. The number of pyridine rings is 1. The second-order valence-electron chi connectivity index (χ2n) is 15.8. The maximum atomic E-state index is 4.14. The minimum atomic E-state index is 1.20. The maximum Gasteiger partial charge on any atom is 0.0366 e. The van der Waals surface area contributed by atoms with Gasteiger partial charge in [-0.15, -0.1) is 0 Å². The van der Waals surface area contributed by atoms with Gasteiger partial charge in [-0.2, -0.15) is 0 Å². The molecule has 0 saturated carbocycles. The van der Waals surface area contributed by atoms with Crippen LogP contribution < -0.4 is 4.90 Å². The van der Waals surface area contributed by atoms with Gasteiger partial charge in [-0.25, -0.2) is 0 Å². The lowest BCUT2D eigenvalue weighted by molar-refractivity contribution is 0.524. The molecule has 1 aromatic carbocycles. The minimum Gasteiger partial charge on any atom is -0.372 e. The first-order chi connectivity index (χ1) is 25.3. The Hall–Kier alpha value is -2.09. The van der Waals surface area contributed by atoms with Gasteiger partial charge in [0.1, 0.15) is 0 Å². The van der Waals surface area contributed by atoms with Crippen molar-refractivity contribution in [3.05, 3.63) is 59.9 Å². The van der Waals surface area contributed by atoms with Crippen molar-refractivity contribution in [2.24, 2.45) is 0 Å². The fourth-order valence-corrected chi connectivity index (χ4v) is 7.53. The van der Waals surface area contributed by atoms with Crippen molar-refractivity contribution < 1.29 is 0 Å². The number of benzene rings is 1. The molecule has 0 fully saturated rings. The van der Waals surface area contributed by atoms with E-state index in [0.717, 1.165) is 0 Å². The molecule has 1 heterocycles. The van der Waals surface area contributed by atoms with E-state index in [-0.39, 0.29) is 0 Å². The van der Waals surface area contributed by atoms with Crippen molar-refractivity contribution in [3.8, 4) is 0 Å². The third kappa shape index (κ3) is 27.2. The Balaban J connectivity index is 1.59. The van der Waals surface area contributed by atoms with E-state index >= 15 is 0 Å². The average Bonchev–Trinajstić information content (AvgIpc) is 3.16. The van der Waals surface area contributed by atoms with Crippen LogP contribution in [-0.2, 0) is 0 Å². The van der Waals surface area contributed by atoms with Gasteiger partial charge in [0.15, 0.2) is 0 Å². The maximum absolute atomic E-state index is 4.14. The van der Waals surface area contributed by atoms with E-state index in [4.69, 9.17) is 0 Å². The Morgan fingerprint density at radius 2 is 0.627 bits per heavy atom. The molecule has 0 aliphatic rings. The number of nitrogens with zero attached hydrogens (tertiary/aromatic N) is 2. The van der Waals surface area contributed by atoms with Crippen LogP contribution in [0.4, 0.5) is 5.69 Å². The SMILES string of the molecule is CCCCCCCCCCCCCCCCCCN(CCCCCCCCCCCCCCCCCC)c1ccc(C=Cc2ccncc2)cc1. The third-order valence-electron chi connectivity index (χ3n) is 11.0. The molecule has 0 aliphatic carbocycles. The number of hydrogen-bond acceptors (Lipinski definition) is 2. The fourth-order valence-electron chi connectivity index (χ4n) is 7.53. The number of anilines is 1. The Morgan fingerprint density at radius 3 is 0.941 bits per heavy atom. The number of aromatic nitrogens is 1. The van der Waals surface area contributed by atoms with Crippen LogP contribution in [0.5, 0.6) is 0 Å². The van der Waals surface area contributed by atoms with Crippen molar-refractivity contribution >= 4 is 17.8 Å². The summed E-state index contributed by atoms with van der Waals surface area (Å²) in [6.07, 6.45) is 53.9. The van der Waals surface area contributed by atoms with E-state index in [1.165, 1.54) is 235 Å². The van der Waals surface area contributed by atoms with Gasteiger partial charge in [0.05, 0.1) is 0 Å². The van der Waals surface area contributed by atoms with Crippen molar-refractivity contribution in [2.45, 2.75) is 219 Å². The summed E-state index contributed by atoms with van der Waals surface area (Å²) in [7, 11) is 0. The summed E-state index contributed by atoms with van der Waals surface area (Å²) < 4.78 is 0. The topological polar surface area (TPSA) is 16.1 Å². The van der Waals surface area contributed by atoms with E-state index < -0.39 is 0 Å². The molecular weight excluding hydrogens is 617 g/mol. The lowest BCUT2D eigenvalue weighted by atomic mass is 10.0. The van der Waals surface area contributed by atoms with Crippen LogP contribution in [-0.4, -0.2) is 18.1 Å². The van der Waals surface area contributed by atoms with E-state index in [2.05, 4.69) is 72.3 Å². The Bertz CT molecular complexity index is 961. The Labute approximate surface area is 319 Å². The van der Waals surface area contributed by atoms with Gasteiger partial charge in [-0.05, 0) is 48.2 Å². The van der Waals surface area contributed by atoms with Gasteiger partial charge in [0, 0.05) is 31.2 Å². The number of unbranched alkanes of at least 4 members (excludes halogenated alkanes) is 30. The predicted molar refractivity (Wildman–Crippen MR) is 231 cm³/mol. The molecule has 0 radical (unpaired) electrons. The molecule has 0 N–H and O–H groups in total. The third-order valence-corrected chi connectivity index (χ3v) is 11.0. The van der Waals surface area contributed by atoms with Crippen LogP contribution in [0.25, 0.3) is 12.2 Å². The summed E-state index contributed by atoms with van der Waals surface area (Å²) in [5.74, 6) is 0. The summed E-state index contributed by atoms with van der Waals surface area (Å²) in [6, 6.07) is 13.4. The molecule has 290 valence electrons. The zero-order valence-electron chi connectivity index (χ0n) is 34.2. The van der Waals surface area contributed by atoms with E-state index in [1.807, 2.05) is 12.4 Å². The van der Waals surface area contributed by atoms with Crippen molar-refractivity contribution in [3.63, 3.8) is 0 Å². The van der Waals surface area contributed by atoms with Crippen LogP contribution in [0.15, 0.2) is 48.8 Å². The molecule has 0 atom stereocenters. The predicted octanol–water partition coefficient (Wildman–Crippen LogP) is 16.6. The molecule has 2 nitrogen and oxygen atoms in total. The van der Waals surface area contributed by atoms with Gasteiger partial charge >= 0.3 is 0 Å². The first-order valence-electron chi connectivity index (χ1n) is 22.8. The lowest BCUT2D eigenvalue weighted by Gasteiger charge is -2.25. The molecule has 0 amide bonds. The lowest BCUT2D eigenvalue weighted by Crippen LogP contribution is -2.25. The normalized spacial score (nSPS) is 11.6. The number of hydrogen-bond donors (Lipinski definition) is 0. The highest BCUT2D eigenvalue weighted by Crippen LogP contribution is 2.21. The van der Waals surface area contributed by atoms with Gasteiger partial charge in [-0.3, -0.25) is 4.98 Å². The van der Waals surface area contributed by atoms with Gasteiger partial charge in [0.2, 0.25) is 0 Å². The van der Waals surface area contributed by atoms with Crippen LogP contribution >= 0.6 is 0 Å². The molecule has 0 aliphatic heterocycles. The van der Waals surface area contributed by atoms with Gasteiger partial charge < -0.3 is 4.90 Å². The van der Waals surface area contributed by atoms with Crippen LogP contribution in [0, 0.1) is 0 Å². The molecule has 2 rings (SSSR count). The smallest absolute Gasteiger partial charge is 0.0366 e. The first kappa shape index (κ1) is 45.1. The highest BCUT2D eigenvalue weighted by molar-refractivity contribution is 5.70. The van der Waals surface area contributed by atoms with E-state index in [1.54, 1.807) is 0 Å².